The summed E-state index contributed by atoms with van der Waals surface area (Å²) >= 11 is 0. The van der Waals surface area contributed by atoms with Crippen molar-refractivity contribution in [1.82, 2.24) is 14.8 Å². The Labute approximate surface area is 115 Å². The first kappa shape index (κ1) is 14.5. The van der Waals surface area contributed by atoms with Crippen molar-refractivity contribution in [2.24, 2.45) is 0 Å². The zero-order valence-corrected chi connectivity index (χ0v) is 11.8. The topological polar surface area (TPSA) is 60.2 Å². The summed E-state index contributed by atoms with van der Waals surface area (Å²) < 4.78 is 7.20. The van der Waals surface area contributed by atoms with E-state index >= 15 is 0 Å². The van der Waals surface area contributed by atoms with Gasteiger partial charge in [0, 0.05) is 19.6 Å². The average Bonchev–Trinajstić information content (AvgIpc) is 2.79. The maximum absolute atomic E-state index is 9.37. The SMILES string of the molecule is COCCn1c(CO)nnc1C1CCCCCCC1. The molecule has 19 heavy (non-hydrogen) atoms. The zero-order valence-electron chi connectivity index (χ0n) is 11.8. The Bertz CT molecular complexity index is 371. The van der Waals surface area contributed by atoms with Crippen LogP contribution in [0, 0.1) is 0 Å². The molecule has 0 radical (unpaired) electrons. The van der Waals surface area contributed by atoms with Gasteiger partial charge in [0.05, 0.1) is 6.61 Å². The van der Waals surface area contributed by atoms with E-state index in [0.717, 1.165) is 12.4 Å². The second-order valence-corrected chi connectivity index (χ2v) is 5.32. The minimum Gasteiger partial charge on any atom is -0.388 e. The Balaban J connectivity index is 2.13. The summed E-state index contributed by atoms with van der Waals surface area (Å²) in [7, 11) is 1.69. The van der Waals surface area contributed by atoms with Crippen LogP contribution in [-0.2, 0) is 17.9 Å². The van der Waals surface area contributed by atoms with Crippen LogP contribution in [0.25, 0.3) is 0 Å². The van der Waals surface area contributed by atoms with Crippen molar-refractivity contribution in [1.29, 1.82) is 0 Å². The highest BCUT2D eigenvalue weighted by molar-refractivity contribution is 5.02. The molecule has 1 heterocycles. The van der Waals surface area contributed by atoms with Gasteiger partial charge in [-0.25, -0.2) is 0 Å². The van der Waals surface area contributed by atoms with Crippen molar-refractivity contribution in [3.05, 3.63) is 11.6 Å². The largest absolute Gasteiger partial charge is 0.388 e. The van der Waals surface area contributed by atoms with Crippen molar-refractivity contribution < 1.29 is 9.84 Å². The molecule has 5 nitrogen and oxygen atoms in total. The summed E-state index contributed by atoms with van der Waals surface area (Å²) in [5, 5.41) is 17.8. The van der Waals surface area contributed by atoms with Crippen LogP contribution in [0.1, 0.15) is 62.5 Å². The minimum atomic E-state index is -0.0521. The van der Waals surface area contributed by atoms with E-state index in [2.05, 4.69) is 14.8 Å². The third-order valence-electron chi connectivity index (χ3n) is 3.99. The molecule has 1 N–H and O–H groups in total. The first-order valence-corrected chi connectivity index (χ1v) is 7.38. The summed E-state index contributed by atoms with van der Waals surface area (Å²) in [5.74, 6) is 2.20. The molecule has 0 unspecified atom stereocenters. The van der Waals surface area contributed by atoms with Crippen LogP contribution in [0.4, 0.5) is 0 Å². The van der Waals surface area contributed by atoms with Gasteiger partial charge < -0.3 is 14.4 Å². The van der Waals surface area contributed by atoms with Gasteiger partial charge in [-0.1, -0.05) is 32.1 Å². The zero-order chi connectivity index (χ0) is 13.5. The third-order valence-corrected chi connectivity index (χ3v) is 3.99. The lowest BCUT2D eigenvalue weighted by atomic mass is 9.90. The van der Waals surface area contributed by atoms with Crippen molar-refractivity contribution in [2.45, 2.75) is 64.0 Å². The number of nitrogens with zero attached hydrogens (tertiary/aromatic N) is 3. The quantitative estimate of drug-likeness (QED) is 0.889. The van der Waals surface area contributed by atoms with E-state index in [4.69, 9.17) is 4.74 Å². The van der Waals surface area contributed by atoms with Gasteiger partial charge in [-0.3, -0.25) is 0 Å². The molecule has 0 bridgehead atoms. The number of rotatable bonds is 5. The first-order valence-electron chi connectivity index (χ1n) is 7.38. The summed E-state index contributed by atoms with van der Waals surface area (Å²) in [4.78, 5) is 0. The average molecular weight is 267 g/mol. The minimum absolute atomic E-state index is 0.0521. The van der Waals surface area contributed by atoms with Crippen LogP contribution in [-0.4, -0.2) is 33.6 Å². The molecule has 5 heteroatoms. The molecule has 1 aliphatic rings. The lowest BCUT2D eigenvalue weighted by molar-refractivity contribution is 0.180. The number of hydrogen-bond donors (Lipinski definition) is 1. The number of methoxy groups -OCH3 is 1. The first-order chi connectivity index (χ1) is 9.36. The van der Waals surface area contributed by atoms with Crippen molar-refractivity contribution in [3.63, 3.8) is 0 Å². The third kappa shape index (κ3) is 3.76. The molecule has 0 atom stereocenters. The summed E-state index contributed by atoms with van der Waals surface area (Å²) in [6.45, 7) is 1.30. The Kier molecular flexibility index (Phi) is 5.79. The van der Waals surface area contributed by atoms with Crippen LogP contribution in [0.3, 0.4) is 0 Å². The molecule has 0 spiro atoms. The molecule has 2 rings (SSSR count). The van der Waals surface area contributed by atoms with Gasteiger partial charge >= 0.3 is 0 Å². The highest BCUT2D eigenvalue weighted by Crippen LogP contribution is 2.30. The number of aliphatic hydroxyl groups excluding tert-OH is 1. The Morgan fingerprint density at radius 1 is 1.16 bits per heavy atom. The van der Waals surface area contributed by atoms with E-state index in [1.165, 1.54) is 44.9 Å². The number of ether oxygens (including phenoxy) is 1. The van der Waals surface area contributed by atoms with Gasteiger partial charge in [-0.2, -0.15) is 0 Å². The Morgan fingerprint density at radius 2 is 1.84 bits per heavy atom. The van der Waals surface area contributed by atoms with E-state index in [9.17, 15) is 5.11 Å². The van der Waals surface area contributed by atoms with Crippen molar-refractivity contribution >= 4 is 0 Å². The van der Waals surface area contributed by atoms with Crippen LogP contribution in [0.5, 0.6) is 0 Å². The lowest BCUT2D eigenvalue weighted by Crippen LogP contribution is -2.15. The molecule has 1 saturated carbocycles. The molecule has 0 aliphatic heterocycles. The van der Waals surface area contributed by atoms with E-state index in [1.807, 2.05) is 0 Å². The van der Waals surface area contributed by atoms with Gasteiger partial charge in [-0.15, -0.1) is 10.2 Å². The van der Waals surface area contributed by atoms with E-state index in [0.29, 0.717) is 18.3 Å². The molecule has 0 aromatic carbocycles. The fraction of sp³-hybridized carbons (Fsp3) is 0.857. The predicted molar refractivity (Wildman–Crippen MR) is 72.9 cm³/mol. The second-order valence-electron chi connectivity index (χ2n) is 5.32. The van der Waals surface area contributed by atoms with Crippen molar-refractivity contribution in [2.75, 3.05) is 13.7 Å². The van der Waals surface area contributed by atoms with Gasteiger partial charge in [0.1, 0.15) is 12.4 Å². The van der Waals surface area contributed by atoms with Gasteiger partial charge in [-0.05, 0) is 12.8 Å². The molecular weight excluding hydrogens is 242 g/mol. The summed E-state index contributed by atoms with van der Waals surface area (Å²) in [5.41, 5.74) is 0. The van der Waals surface area contributed by atoms with E-state index < -0.39 is 0 Å². The summed E-state index contributed by atoms with van der Waals surface area (Å²) in [6, 6.07) is 0. The molecule has 1 aromatic rings. The maximum Gasteiger partial charge on any atom is 0.158 e. The normalized spacial score (nSPS) is 18.2. The van der Waals surface area contributed by atoms with Crippen LogP contribution >= 0.6 is 0 Å². The molecule has 0 amide bonds. The lowest BCUT2D eigenvalue weighted by Gasteiger charge is -2.20. The van der Waals surface area contributed by atoms with Gasteiger partial charge in [0.15, 0.2) is 5.82 Å². The molecule has 0 saturated heterocycles. The second kappa shape index (κ2) is 7.60. The number of hydrogen-bond acceptors (Lipinski definition) is 4. The van der Waals surface area contributed by atoms with Gasteiger partial charge in [0.25, 0.3) is 0 Å². The highest BCUT2D eigenvalue weighted by Gasteiger charge is 2.21. The van der Waals surface area contributed by atoms with E-state index in [1.54, 1.807) is 7.11 Å². The smallest absolute Gasteiger partial charge is 0.158 e. The monoisotopic (exact) mass is 267 g/mol. The van der Waals surface area contributed by atoms with Crippen LogP contribution < -0.4 is 0 Å². The van der Waals surface area contributed by atoms with Gasteiger partial charge in [0.2, 0.25) is 0 Å². The molecule has 1 fully saturated rings. The summed E-state index contributed by atoms with van der Waals surface area (Å²) in [6.07, 6.45) is 8.95. The maximum atomic E-state index is 9.37. The number of aliphatic hydroxyl groups is 1. The molecule has 1 aliphatic carbocycles. The van der Waals surface area contributed by atoms with Crippen molar-refractivity contribution in [3.8, 4) is 0 Å². The predicted octanol–water partition coefficient (Wildman–Crippen LogP) is 2.24. The standard InChI is InChI=1S/C14H25N3O2/c1-19-10-9-17-13(11-18)15-16-14(17)12-7-5-3-2-4-6-8-12/h12,18H,2-11H2,1H3. The Hall–Kier alpha value is -0.940. The van der Waals surface area contributed by atoms with Crippen LogP contribution in [0.2, 0.25) is 0 Å². The Morgan fingerprint density at radius 3 is 2.47 bits per heavy atom. The molecule has 108 valence electrons. The highest BCUT2D eigenvalue weighted by atomic mass is 16.5. The number of aromatic nitrogens is 3. The fourth-order valence-corrected chi connectivity index (χ4v) is 2.91. The van der Waals surface area contributed by atoms with E-state index in [-0.39, 0.29) is 6.61 Å². The van der Waals surface area contributed by atoms with Crippen LogP contribution in [0.15, 0.2) is 0 Å². The molecule has 1 aromatic heterocycles. The fourth-order valence-electron chi connectivity index (χ4n) is 2.91. The molecular formula is C14H25N3O2.